The minimum Gasteiger partial charge on any atom is -0.362 e. The van der Waals surface area contributed by atoms with Crippen molar-refractivity contribution in [1.29, 1.82) is 0 Å². The monoisotopic (exact) mass is 352 g/mol. The first-order valence-electron chi connectivity index (χ1n) is 7.18. The summed E-state index contributed by atoms with van der Waals surface area (Å²) in [5, 5.41) is 5.71. The van der Waals surface area contributed by atoms with Crippen molar-refractivity contribution in [3.8, 4) is 0 Å². The van der Waals surface area contributed by atoms with Gasteiger partial charge < -0.3 is 10.6 Å². The van der Waals surface area contributed by atoms with Gasteiger partial charge in [-0.25, -0.2) is 8.78 Å². The summed E-state index contributed by atoms with van der Waals surface area (Å²) in [7, 11) is 0. The molecular weight excluding hydrogens is 334 g/mol. The van der Waals surface area contributed by atoms with E-state index in [9.17, 15) is 8.78 Å². The molecule has 0 aromatic heterocycles. The molecule has 0 aliphatic carbocycles. The highest BCUT2D eigenvalue weighted by molar-refractivity contribution is 7.98. The Balaban J connectivity index is 1.68. The number of anilines is 1. The SMILES string of the molecule is Cc1ccc(CSCCNC(=S)Nc2c(F)cccc2F)cc1. The molecule has 122 valence electrons. The van der Waals surface area contributed by atoms with Crippen LogP contribution in [0.1, 0.15) is 11.1 Å². The quantitative estimate of drug-likeness (QED) is 0.591. The van der Waals surface area contributed by atoms with Crippen LogP contribution >= 0.6 is 24.0 Å². The minimum atomic E-state index is -0.664. The second-order valence-electron chi connectivity index (χ2n) is 5.02. The van der Waals surface area contributed by atoms with Crippen LogP contribution in [-0.4, -0.2) is 17.4 Å². The highest BCUT2D eigenvalue weighted by atomic mass is 32.2. The molecular formula is C17H18F2N2S2. The molecule has 2 aromatic carbocycles. The number of para-hydroxylation sites is 1. The third-order valence-corrected chi connectivity index (χ3v) is 4.40. The summed E-state index contributed by atoms with van der Waals surface area (Å²) < 4.78 is 27.0. The molecule has 0 aliphatic heterocycles. The Morgan fingerprint density at radius 3 is 2.39 bits per heavy atom. The third kappa shape index (κ3) is 5.80. The molecule has 2 rings (SSSR count). The van der Waals surface area contributed by atoms with Crippen molar-refractivity contribution in [1.82, 2.24) is 5.32 Å². The second kappa shape index (κ2) is 8.84. The first-order valence-corrected chi connectivity index (χ1v) is 8.74. The molecule has 2 N–H and O–H groups in total. The molecule has 0 amide bonds. The van der Waals surface area contributed by atoms with Gasteiger partial charge in [-0.3, -0.25) is 0 Å². The highest BCUT2D eigenvalue weighted by Gasteiger charge is 2.09. The molecule has 23 heavy (non-hydrogen) atoms. The van der Waals surface area contributed by atoms with Gasteiger partial charge in [-0.05, 0) is 36.8 Å². The number of nitrogens with one attached hydrogen (secondary N) is 2. The first kappa shape index (κ1) is 17.7. The van der Waals surface area contributed by atoms with Gasteiger partial charge in [-0.1, -0.05) is 35.9 Å². The molecule has 0 fully saturated rings. The summed E-state index contributed by atoms with van der Waals surface area (Å²) in [5.74, 6) is 0.435. The highest BCUT2D eigenvalue weighted by Crippen LogP contribution is 2.17. The minimum absolute atomic E-state index is 0.213. The lowest BCUT2D eigenvalue weighted by molar-refractivity contribution is 0.591. The van der Waals surface area contributed by atoms with E-state index in [0.29, 0.717) is 6.54 Å². The number of aryl methyl sites for hydroxylation is 1. The van der Waals surface area contributed by atoms with Crippen LogP contribution in [0, 0.1) is 18.6 Å². The zero-order chi connectivity index (χ0) is 16.7. The largest absolute Gasteiger partial charge is 0.362 e. The molecule has 0 heterocycles. The Kier molecular flexibility index (Phi) is 6.80. The lowest BCUT2D eigenvalue weighted by Gasteiger charge is -2.11. The summed E-state index contributed by atoms with van der Waals surface area (Å²) >= 11 is 6.82. The van der Waals surface area contributed by atoms with E-state index in [4.69, 9.17) is 12.2 Å². The summed E-state index contributed by atoms with van der Waals surface area (Å²) in [6, 6.07) is 12.1. The lowest BCUT2D eigenvalue weighted by atomic mass is 10.2. The maximum absolute atomic E-state index is 13.5. The van der Waals surface area contributed by atoms with E-state index in [1.807, 2.05) is 0 Å². The molecule has 0 saturated carbocycles. The second-order valence-corrected chi connectivity index (χ2v) is 6.53. The maximum atomic E-state index is 13.5. The van der Waals surface area contributed by atoms with Crippen LogP contribution in [0.15, 0.2) is 42.5 Å². The van der Waals surface area contributed by atoms with Crippen LogP contribution in [0.3, 0.4) is 0 Å². The van der Waals surface area contributed by atoms with Crippen LogP contribution in [0.4, 0.5) is 14.5 Å². The fraction of sp³-hybridized carbons (Fsp3) is 0.235. The first-order chi connectivity index (χ1) is 11.1. The fourth-order valence-corrected chi connectivity index (χ4v) is 2.91. The van der Waals surface area contributed by atoms with Gasteiger partial charge in [0, 0.05) is 18.1 Å². The molecule has 0 unspecified atom stereocenters. The van der Waals surface area contributed by atoms with Crippen molar-refractivity contribution >= 4 is 34.8 Å². The van der Waals surface area contributed by atoms with E-state index in [-0.39, 0.29) is 10.8 Å². The Labute approximate surface area is 144 Å². The molecule has 0 aliphatic rings. The molecule has 0 radical (unpaired) electrons. The number of thiocarbonyl (C=S) groups is 1. The Hall–Kier alpha value is -1.66. The van der Waals surface area contributed by atoms with Crippen LogP contribution in [0.2, 0.25) is 0 Å². The summed E-state index contributed by atoms with van der Waals surface area (Å²) in [4.78, 5) is 0. The molecule has 2 aromatic rings. The summed E-state index contributed by atoms with van der Waals surface area (Å²) in [6.07, 6.45) is 0. The Bertz CT molecular complexity index is 640. The molecule has 0 bridgehead atoms. The van der Waals surface area contributed by atoms with Crippen molar-refractivity contribution in [3.63, 3.8) is 0 Å². The van der Waals surface area contributed by atoms with Crippen molar-refractivity contribution in [3.05, 3.63) is 65.2 Å². The Morgan fingerprint density at radius 2 is 1.74 bits per heavy atom. The van der Waals surface area contributed by atoms with Crippen molar-refractivity contribution in [2.45, 2.75) is 12.7 Å². The van der Waals surface area contributed by atoms with Gasteiger partial charge in [0.2, 0.25) is 0 Å². The van der Waals surface area contributed by atoms with E-state index < -0.39 is 11.6 Å². The predicted molar refractivity (Wildman–Crippen MR) is 97.9 cm³/mol. The maximum Gasteiger partial charge on any atom is 0.170 e. The number of halogens is 2. The zero-order valence-corrected chi connectivity index (χ0v) is 14.4. The van der Waals surface area contributed by atoms with E-state index in [0.717, 1.165) is 11.5 Å². The Morgan fingerprint density at radius 1 is 1.09 bits per heavy atom. The van der Waals surface area contributed by atoms with Gasteiger partial charge in [-0.15, -0.1) is 0 Å². The van der Waals surface area contributed by atoms with Gasteiger partial charge in [0.05, 0.1) is 0 Å². The molecule has 0 saturated heterocycles. The number of thioether (sulfide) groups is 1. The van der Waals surface area contributed by atoms with Crippen molar-refractivity contribution < 1.29 is 8.78 Å². The van der Waals surface area contributed by atoms with Gasteiger partial charge >= 0.3 is 0 Å². The van der Waals surface area contributed by atoms with E-state index in [1.54, 1.807) is 11.8 Å². The molecule has 0 atom stereocenters. The molecule has 6 heteroatoms. The van der Waals surface area contributed by atoms with E-state index in [2.05, 4.69) is 41.8 Å². The number of hydrogen-bond acceptors (Lipinski definition) is 2. The standard InChI is InChI=1S/C17H18F2N2S2/c1-12-5-7-13(8-6-12)11-23-10-9-20-17(22)21-16-14(18)3-2-4-15(16)19/h2-8H,9-11H2,1H3,(H2,20,21,22). The van der Waals surface area contributed by atoms with E-state index >= 15 is 0 Å². The molecule has 0 spiro atoms. The lowest BCUT2D eigenvalue weighted by Crippen LogP contribution is -2.31. The van der Waals surface area contributed by atoms with Crippen LogP contribution < -0.4 is 10.6 Å². The van der Waals surface area contributed by atoms with Gasteiger partial charge in [-0.2, -0.15) is 11.8 Å². The number of hydrogen-bond donors (Lipinski definition) is 2. The zero-order valence-electron chi connectivity index (χ0n) is 12.7. The molecule has 2 nitrogen and oxygen atoms in total. The predicted octanol–water partition coefficient (Wildman–Crippen LogP) is 4.49. The number of rotatable bonds is 6. The van der Waals surface area contributed by atoms with Crippen LogP contribution in [0.5, 0.6) is 0 Å². The van der Waals surface area contributed by atoms with Crippen LogP contribution in [-0.2, 0) is 5.75 Å². The summed E-state index contributed by atoms with van der Waals surface area (Å²) in [5.41, 5.74) is 2.30. The average Bonchev–Trinajstić information content (AvgIpc) is 2.52. The van der Waals surface area contributed by atoms with E-state index in [1.165, 1.54) is 29.3 Å². The van der Waals surface area contributed by atoms with Crippen molar-refractivity contribution in [2.75, 3.05) is 17.6 Å². The fourth-order valence-electron chi connectivity index (χ4n) is 1.89. The van der Waals surface area contributed by atoms with Gasteiger partial charge in [0.15, 0.2) is 5.11 Å². The summed E-state index contributed by atoms with van der Waals surface area (Å²) in [6.45, 7) is 2.69. The smallest absolute Gasteiger partial charge is 0.170 e. The topological polar surface area (TPSA) is 24.1 Å². The van der Waals surface area contributed by atoms with Gasteiger partial charge in [0.1, 0.15) is 17.3 Å². The normalized spacial score (nSPS) is 10.4. The average molecular weight is 352 g/mol. The van der Waals surface area contributed by atoms with Gasteiger partial charge in [0.25, 0.3) is 0 Å². The van der Waals surface area contributed by atoms with Crippen LogP contribution in [0.25, 0.3) is 0 Å². The third-order valence-electron chi connectivity index (χ3n) is 3.12. The number of benzene rings is 2. The van der Waals surface area contributed by atoms with Crippen molar-refractivity contribution in [2.24, 2.45) is 0 Å².